The molecule has 9 heavy (non-hydrogen) atoms. The zero-order valence-electron chi connectivity index (χ0n) is 4.96. The summed E-state index contributed by atoms with van der Waals surface area (Å²) < 4.78 is 1.14. The van der Waals surface area contributed by atoms with Gasteiger partial charge in [0.15, 0.2) is 0 Å². The molecule has 0 N–H and O–H groups in total. The van der Waals surface area contributed by atoms with Crippen molar-refractivity contribution in [3.05, 3.63) is 22.4 Å². The number of hydrogen-bond acceptors (Lipinski definition) is 2. The van der Waals surface area contributed by atoms with Gasteiger partial charge in [-0.15, -0.1) is 0 Å². The Morgan fingerprint density at radius 3 is 3.00 bits per heavy atom. The molecule has 0 saturated carbocycles. The summed E-state index contributed by atoms with van der Waals surface area (Å²) in [4.78, 5) is 1.27. The van der Waals surface area contributed by atoms with E-state index in [0.717, 1.165) is 3.76 Å². The van der Waals surface area contributed by atoms with E-state index in [4.69, 9.17) is 12.2 Å². The summed E-state index contributed by atoms with van der Waals surface area (Å²) in [6.07, 6.45) is 0. The van der Waals surface area contributed by atoms with E-state index in [1.807, 2.05) is 6.07 Å². The van der Waals surface area contributed by atoms with Crippen molar-refractivity contribution in [2.24, 2.45) is 0 Å². The fraction of sp³-hybridized carbons (Fsp3) is 0.167. The van der Waals surface area contributed by atoms with E-state index in [0.29, 0.717) is 15.0 Å². The summed E-state index contributed by atoms with van der Waals surface area (Å²) in [5.41, 5.74) is 0. The summed E-state index contributed by atoms with van der Waals surface area (Å²) in [5, 5.41) is 2.06. The van der Waals surface area contributed by atoms with Gasteiger partial charge in [-0.2, -0.15) is 0 Å². The van der Waals surface area contributed by atoms with Crippen LogP contribution in [0.1, 0.15) is 4.88 Å². The first-order valence-corrected chi connectivity index (χ1v) is 6.32. The van der Waals surface area contributed by atoms with Crippen molar-refractivity contribution in [1.82, 2.24) is 0 Å². The van der Waals surface area contributed by atoms with Gasteiger partial charge < -0.3 is 0 Å². The molecule has 0 bridgehead atoms. The van der Waals surface area contributed by atoms with Crippen molar-refractivity contribution in [3.63, 3.8) is 0 Å². The molecule has 0 aromatic carbocycles. The Kier molecular flexibility index (Phi) is 2.86. The summed E-state index contributed by atoms with van der Waals surface area (Å²) >= 11 is 7.34. The summed E-state index contributed by atoms with van der Waals surface area (Å²) in [5.74, 6) is 2.15. The van der Waals surface area contributed by atoms with E-state index in [1.165, 1.54) is 4.88 Å². The molecule has 0 radical (unpaired) electrons. The predicted octanol–water partition coefficient (Wildman–Crippen LogP) is 2.18. The first kappa shape index (κ1) is 7.42. The van der Waals surface area contributed by atoms with Crippen LogP contribution >= 0.6 is 23.6 Å². The first-order chi connectivity index (χ1) is 4.34. The van der Waals surface area contributed by atoms with Crippen LogP contribution in [0.4, 0.5) is 0 Å². The standard InChI is InChI=1S/C6H6S2Se/c1-9-6(7)5-3-2-4-8-5/h2-4H,1H3. The van der Waals surface area contributed by atoms with Crippen molar-refractivity contribution in [2.75, 3.05) is 0 Å². The molecule has 0 saturated heterocycles. The number of rotatable bonds is 2. The maximum atomic E-state index is 5.11. The molecule has 0 unspecified atom stereocenters. The number of thiophene rings is 1. The fourth-order valence-electron chi connectivity index (χ4n) is 0.495. The molecule has 48 valence electrons. The normalized spacial score (nSPS) is 9.44. The average Bonchev–Trinajstić information content (AvgIpc) is 2.37. The van der Waals surface area contributed by atoms with Gasteiger partial charge in [-0.05, 0) is 0 Å². The Bertz CT molecular complexity index is 191. The van der Waals surface area contributed by atoms with E-state index in [2.05, 4.69) is 17.3 Å². The van der Waals surface area contributed by atoms with E-state index < -0.39 is 0 Å². The molecule has 1 heterocycles. The molecule has 0 nitrogen and oxygen atoms in total. The van der Waals surface area contributed by atoms with Gasteiger partial charge in [-0.3, -0.25) is 0 Å². The molecule has 0 fully saturated rings. The monoisotopic (exact) mass is 222 g/mol. The topological polar surface area (TPSA) is 0 Å². The molecular weight excluding hydrogens is 215 g/mol. The van der Waals surface area contributed by atoms with Crippen LogP contribution < -0.4 is 0 Å². The minimum atomic E-state index is 0.500. The van der Waals surface area contributed by atoms with Gasteiger partial charge in [0.1, 0.15) is 0 Å². The van der Waals surface area contributed by atoms with Crippen molar-refractivity contribution in [2.45, 2.75) is 5.82 Å². The molecule has 3 heteroatoms. The van der Waals surface area contributed by atoms with Crippen molar-refractivity contribution < 1.29 is 0 Å². The minimum absolute atomic E-state index is 0.500. The molecule has 0 aliphatic rings. The Morgan fingerprint density at radius 1 is 1.78 bits per heavy atom. The second-order valence-corrected chi connectivity index (χ2v) is 5.12. The van der Waals surface area contributed by atoms with E-state index in [1.54, 1.807) is 11.3 Å². The van der Waals surface area contributed by atoms with Crippen LogP contribution in [-0.2, 0) is 0 Å². The predicted molar refractivity (Wildman–Crippen MR) is 47.6 cm³/mol. The first-order valence-electron chi connectivity index (χ1n) is 2.46. The van der Waals surface area contributed by atoms with Gasteiger partial charge in [0, 0.05) is 0 Å². The summed E-state index contributed by atoms with van der Waals surface area (Å²) in [7, 11) is 0. The SMILES string of the molecule is C[Se]C(=S)c1cccs1. The van der Waals surface area contributed by atoms with Gasteiger partial charge in [0.2, 0.25) is 0 Å². The third-order valence-corrected chi connectivity index (χ3v) is 4.54. The van der Waals surface area contributed by atoms with Crippen molar-refractivity contribution in [3.8, 4) is 0 Å². The quantitative estimate of drug-likeness (QED) is 0.545. The molecule has 0 atom stereocenters. The molecule has 1 aromatic heterocycles. The van der Waals surface area contributed by atoms with Crippen LogP contribution in [0.3, 0.4) is 0 Å². The molecule has 1 aromatic rings. The summed E-state index contributed by atoms with van der Waals surface area (Å²) in [6.45, 7) is 0. The molecule has 0 aliphatic heterocycles. The van der Waals surface area contributed by atoms with Gasteiger partial charge in [0.25, 0.3) is 0 Å². The van der Waals surface area contributed by atoms with Crippen LogP contribution in [0.25, 0.3) is 0 Å². The zero-order valence-corrected chi connectivity index (χ0v) is 8.30. The molecular formula is C6H6S2Se. The zero-order chi connectivity index (χ0) is 6.69. The van der Waals surface area contributed by atoms with Gasteiger partial charge in [0.05, 0.1) is 0 Å². The third-order valence-electron chi connectivity index (χ3n) is 0.908. The van der Waals surface area contributed by atoms with E-state index in [-0.39, 0.29) is 0 Å². The van der Waals surface area contributed by atoms with Gasteiger partial charge >= 0.3 is 70.5 Å². The Balaban J connectivity index is 2.77. The van der Waals surface area contributed by atoms with Crippen molar-refractivity contribution in [1.29, 1.82) is 0 Å². The van der Waals surface area contributed by atoms with E-state index >= 15 is 0 Å². The van der Waals surface area contributed by atoms with Crippen LogP contribution in [0.5, 0.6) is 0 Å². The van der Waals surface area contributed by atoms with Crippen molar-refractivity contribution >= 4 is 42.3 Å². The Morgan fingerprint density at radius 2 is 2.56 bits per heavy atom. The van der Waals surface area contributed by atoms with Crippen LogP contribution in [-0.4, -0.2) is 18.7 Å². The molecule has 0 spiro atoms. The third kappa shape index (κ3) is 1.87. The Hall–Kier alpha value is 0.309. The summed E-state index contributed by atoms with van der Waals surface area (Å²) in [6, 6.07) is 4.12. The second-order valence-electron chi connectivity index (χ2n) is 1.47. The number of thiocarbonyl (C=S) groups is 1. The van der Waals surface area contributed by atoms with Crippen LogP contribution in [0.2, 0.25) is 5.82 Å². The van der Waals surface area contributed by atoms with Crippen LogP contribution in [0.15, 0.2) is 17.5 Å². The van der Waals surface area contributed by atoms with Gasteiger partial charge in [-0.25, -0.2) is 0 Å². The van der Waals surface area contributed by atoms with Crippen LogP contribution in [0, 0.1) is 0 Å². The Labute approximate surface area is 70.4 Å². The molecule has 0 aliphatic carbocycles. The molecule has 1 rings (SSSR count). The van der Waals surface area contributed by atoms with Gasteiger partial charge in [-0.1, -0.05) is 0 Å². The maximum absolute atomic E-state index is 5.11. The number of hydrogen-bond donors (Lipinski definition) is 0. The molecule has 0 amide bonds. The fourth-order valence-corrected chi connectivity index (χ4v) is 2.57. The average molecular weight is 221 g/mol. The van der Waals surface area contributed by atoms with E-state index in [9.17, 15) is 0 Å². The second kappa shape index (κ2) is 3.47.